The van der Waals surface area contributed by atoms with E-state index in [-0.39, 0.29) is 0 Å². The lowest BCUT2D eigenvalue weighted by Gasteiger charge is -2.19. The van der Waals surface area contributed by atoms with Crippen LogP contribution in [0.2, 0.25) is 4.34 Å². The summed E-state index contributed by atoms with van der Waals surface area (Å²) >= 11 is 7.87. The molecule has 0 saturated heterocycles. The lowest BCUT2D eigenvalue weighted by molar-refractivity contribution is 0.593. The Balaban J connectivity index is 2.51. The fourth-order valence-electron chi connectivity index (χ4n) is 2.16. The molecule has 0 spiro atoms. The summed E-state index contributed by atoms with van der Waals surface area (Å²) in [4.78, 5) is 1.48. The average Bonchev–Trinajstić information content (AvgIpc) is 2.42. The fourth-order valence-corrected chi connectivity index (χ4v) is 3.83. The maximum Gasteiger partial charge on any atom is 0.0979 e. The number of nitrogens with two attached hydrogens (primary N) is 1. The third-order valence-electron chi connectivity index (χ3n) is 2.81. The van der Waals surface area contributed by atoms with Gasteiger partial charge < -0.3 is 5.73 Å². The smallest absolute Gasteiger partial charge is 0.0979 e. The predicted molar refractivity (Wildman–Crippen MR) is 58.6 cm³/mol. The normalized spacial score (nSPS) is 21.6. The second-order valence-corrected chi connectivity index (χ2v) is 5.40. The molecule has 1 aliphatic carbocycles. The highest BCUT2D eigenvalue weighted by molar-refractivity contribution is 7.16. The van der Waals surface area contributed by atoms with Crippen LogP contribution in [0.3, 0.4) is 0 Å². The molecular weight excluding hydrogens is 202 g/mol. The summed E-state index contributed by atoms with van der Waals surface area (Å²) in [6.45, 7) is 2.87. The number of hydrogen-bond donors (Lipinski definition) is 1. The summed E-state index contributed by atoms with van der Waals surface area (Å²) in [5, 5.41) is 0. The van der Waals surface area contributed by atoms with Crippen LogP contribution in [0.4, 0.5) is 0 Å². The van der Waals surface area contributed by atoms with Gasteiger partial charge in [0.1, 0.15) is 0 Å². The number of rotatable bonds is 1. The maximum absolute atomic E-state index is 6.14. The van der Waals surface area contributed by atoms with E-state index in [0.717, 1.165) is 4.34 Å². The van der Waals surface area contributed by atoms with Crippen molar-refractivity contribution in [2.24, 2.45) is 5.73 Å². The molecule has 0 amide bonds. The van der Waals surface area contributed by atoms with Gasteiger partial charge in [0.25, 0.3) is 0 Å². The highest BCUT2D eigenvalue weighted by Gasteiger charge is 2.23. The minimum Gasteiger partial charge on any atom is -0.326 e. The summed E-state index contributed by atoms with van der Waals surface area (Å²) in [5.74, 6) is 0.658. The molecule has 0 radical (unpaired) electrons. The summed E-state index contributed by atoms with van der Waals surface area (Å²) in [5.41, 5.74) is 8.37. The Morgan fingerprint density at radius 1 is 1.62 bits per heavy atom. The van der Waals surface area contributed by atoms with E-state index in [4.69, 9.17) is 17.3 Å². The van der Waals surface area contributed by atoms with E-state index < -0.39 is 0 Å². The minimum atomic E-state index is 0.592. The van der Waals surface area contributed by atoms with Crippen LogP contribution < -0.4 is 5.73 Å². The summed E-state index contributed by atoms with van der Waals surface area (Å²) in [6, 6.07) is 0. The van der Waals surface area contributed by atoms with Gasteiger partial charge in [0.15, 0.2) is 0 Å². The highest BCUT2D eigenvalue weighted by Crippen LogP contribution is 2.42. The van der Waals surface area contributed by atoms with Crippen LogP contribution >= 0.6 is 22.9 Å². The first-order valence-electron chi connectivity index (χ1n) is 4.74. The van der Waals surface area contributed by atoms with Crippen LogP contribution in [0.25, 0.3) is 0 Å². The Hall–Kier alpha value is -0.0500. The highest BCUT2D eigenvalue weighted by atomic mass is 35.5. The molecule has 2 N–H and O–H groups in total. The average molecular weight is 216 g/mol. The first kappa shape index (κ1) is 9.50. The van der Waals surface area contributed by atoms with Crippen LogP contribution in [0.15, 0.2) is 0 Å². The molecule has 1 heterocycles. The summed E-state index contributed by atoms with van der Waals surface area (Å²) in [6.07, 6.45) is 3.78. The topological polar surface area (TPSA) is 26.0 Å². The second-order valence-electron chi connectivity index (χ2n) is 3.69. The van der Waals surface area contributed by atoms with Gasteiger partial charge >= 0.3 is 0 Å². The Labute approximate surface area is 87.9 Å². The van der Waals surface area contributed by atoms with E-state index in [1.54, 1.807) is 11.3 Å². The van der Waals surface area contributed by atoms with Crippen molar-refractivity contribution in [2.75, 3.05) is 0 Å². The molecular formula is C10H14ClNS. The molecule has 0 aliphatic heterocycles. The van der Waals surface area contributed by atoms with Crippen molar-refractivity contribution < 1.29 is 0 Å². The summed E-state index contributed by atoms with van der Waals surface area (Å²) in [7, 11) is 0. The number of halogens is 1. The molecule has 1 unspecified atom stereocenters. The first-order valence-corrected chi connectivity index (χ1v) is 5.93. The van der Waals surface area contributed by atoms with Crippen LogP contribution in [-0.2, 0) is 13.0 Å². The van der Waals surface area contributed by atoms with Gasteiger partial charge in [-0.15, -0.1) is 11.3 Å². The number of aryl methyl sites for hydroxylation is 1. The fraction of sp³-hybridized carbons (Fsp3) is 0.600. The minimum absolute atomic E-state index is 0.592. The van der Waals surface area contributed by atoms with Crippen LogP contribution in [0, 0.1) is 0 Å². The molecule has 1 aliphatic rings. The maximum atomic E-state index is 6.14. The lowest BCUT2D eigenvalue weighted by Crippen LogP contribution is -2.08. The van der Waals surface area contributed by atoms with Gasteiger partial charge in [-0.25, -0.2) is 0 Å². The van der Waals surface area contributed by atoms with Gasteiger partial charge in [-0.2, -0.15) is 0 Å². The van der Waals surface area contributed by atoms with Gasteiger partial charge in [0.05, 0.1) is 4.34 Å². The number of hydrogen-bond acceptors (Lipinski definition) is 2. The molecule has 0 aromatic carbocycles. The van der Waals surface area contributed by atoms with Crippen molar-refractivity contribution in [2.45, 2.75) is 38.6 Å². The van der Waals surface area contributed by atoms with E-state index in [1.807, 2.05) is 0 Å². The van der Waals surface area contributed by atoms with E-state index >= 15 is 0 Å². The van der Waals surface area contributed by atoms with E-state index in [0.29, 0.717) is 12.5 Å². The largest absolute Gasteiger partial charge is 0.326 e. The third-order valence-corrected chi connectivity index (χ3v) is 4.37. The molecule has 0 fully saturated rings. The zero-order valence-corrected chi connectivity index (χ0v) is 9.34. The Kier molecular flexibility index (Phi) is 2.63. The van der Waals surface area contributed by atoms with Gasteiger partial charge in [0.2, 0.25) is 0 Å². The quantitative estimate of drug-likeness (QED) is 0.765. The molecule has 0 bridgehead atoms. The van der Waals surface area contributed by atoms with Gasteiger partial charge in [0, 0.05) is 11.4 Å². The lowest BCUT2D eigenvalue weighted by atomic mass is 9.87. The Morgan fingerprint density at radius 2 is 2.38 bits per heavy atom. The van der Waals surface area contributed by atoms with Crippen molar-refractivity contribution in [3.05, 3.63) is 20.3 Å². The molecule has 72 valence electrons. The van der Waals surface area contributed by atoms with E-state index in [2.05, 4.69) is 6.92 Å². The van der Waals surface area contributed by atoms with Gasteiger partial charge in [-0.3, -0.25) is 0 Å². The second kappa shape index (κ2) is 3.60. The van der Waals surface area contributed by atoms with Crippen LogP contribution in [0.1, 0.15) is 41.7 Å². The molecule has 1 atom stereocenters. The van der Waals surface area contributed by atoms with Crippen molar-refractivity contribution in [1.82, 2.24) is 0 Å². The zero-order valence-electron chi connectivity index (χ0n) is 7.77. The van der Waals surface area contributed by atoms with Crippen LogP contribution in [0.5, 0.6) is 0 Å². The molecule has 1 aromatic heterocycles. The number of fused-ring (bicyclic) bond motifs is 1. The Bertz CT molecular complexity index is 319. The molecule has 2 rings (SSSR count). The van der Waals surface area contributed by atoms with Crippen molar-refractivity contribution in [1.29, 1.82) is 0 Å². The van der Waals surface area contributed by atoms with Crippen molar-refractivity contribution in [3.63, 3.8) is 0 Å². The van der Waals surface area contributed by atoms with Gasteiger partial charge in [-0.05, 0) is 36.3 Å². The van der Waals surface area contributed by atoms with Gasteiger partial charge in [-0.1, -0.05) is 18.5 Å². The SMILES string of the molecule is CC1CCCc2sc(Cl)c(CN)c21. The zero-order chi connectivity index (χ0) is 9.42. The van der Waals surface area contributed by atoms with Crippen molar-refractivity contribution in [3.8, 4) is 0 Å². The van der Waals surface area contributed by atoms with E-state index in [9.17, 15) is 0 Å². The predicted octanol–water partition coefficient (Wildman–Crippen LogP) is 3.30. The standard InChI is InChI=1S/C10H14ClNS/c1-6-3-2-4-8-9(6)7(5-12)10(11)13-8/h6H,2-5,12H2,1H3. The molecule has 3 heteroatoms. The molecule has 1 aromatic rings. The van der Waals surface area contributed by atoms with Crippen LogP contribution in [-0.4, -0.2) is 0 Å². The summed E-state index contributed by atoms with van der Waals surface area (Å²) < 4.78 is 0.918. The third kappa shape index (κ3) is 1.51. The first-order chi connectivity index (χ1) is 6.24. The van der Waals surface area contributed by atoms with E-state index in [1.165, 1.54) is 35.3 Å². The molecule has 13 heavy (non-hydrogen) atoms. The molecule has 1 nitrogen and oxygen atoms in total. The molecule has 0 saturated carbocycles. The number of thiophene rings is 1. The monoisotopic (exact) mass is 215 g/mol. The van der Waals surface area contributed by atoms with Crippen molar-refractivity contribution >= 4 is 22.9 Å². The Morgan fingerprint density at radius 3 is 3.08 bits per heavy atom.